The minimum Gasteiger partial charge on any atom is -0.435 e. The molecule has 4 heteroatoms. The molecule has 1 aliphatic heterocycles. The van der Waals surface area contributed by atoms with Crippen LogP contribution in [0.1, 0.15) is 25.3 Å². The van der Waals surface area contributed by atoms with Gasteiger partial charge in [-0.1, -0.05) is 18.2 Å². The molecule has 1 fully saturated rings. The summed E-state index contributed by atoms with van der Waals surface area (Å²) in [6, 6.07) is 7.01. The van der Waals surface area contributed by atoms with Gasteiger partial charge in [-0.2, -0.15) is 8.78 Å². The van der Waals surface area contributed by atoms with Crippen LogP contribution in [0.2, 0.25) is 0 Å². The van der Waals surface area contributed by atoms with E-state index in [0.717, 1.165) is 31.4 Å². The lowest BCUT2D eigenvalue weighted by atomic mass is 9.91. The summed E-state index contributed by atoms with van der Waals surface area (Å²) >= 11 is 0. The van der Waals surface area contributed by atoms with Crippen LogP contribution in [0.3, 0.4) is 0 Å². The van der Waals surface area contributed by atoms with Gasteiger partial charge in [0.2, 0.25) is 0 Å². The van der Waals surface area contributed by atoms with Crippen LogP contribution in [0, 0.1) is 0 Å². The summed E-state index contributed by atoms with van der Waals surface area (Å²) in [5.74, 6) is 0.289. The second-order valence-electron chi connectivity index (χ2n) is 4.75. The Morgan fingerprint density at radius 3 is 2.82 bits per heavy atom. The fourth-order valence-electron chi connectivity index (χ4n) is 2.39. The van der Waals surface area contributed by atoms with Gasteiger partial charge in [-0.05, 0) is 44.4 Å². The van der Waals surface area contributed by atoms with E-state index >= 15 is 0 Å². The molecule has 94 valence electrons. The molecule has 1 N–H and O–H groups in total. The van der Waals surface area contributed by atoms with Crippen molar-refractivity contribution in [2.24, 2.45) is 0 Å². The molecule has 0 spiro atoms. The van der Waals surface area contributed by atoms with Crippen LogP contribution in [-0.2, 0) is 6.42 Å². The third kappa shape index (κ3) is 3.16. The maximum Gasteiger partial charge on any atom is 0.387 e. The van der Waals surface area contributed by atoms with Crippen LogP contribution < -0.4 is 10.1 Å². The number of ether oxygens (including phenoxy) is 1. The fourth-order valence-corrected chi connectivity index (χ4v) is 2.39. The Hall–Kier alpha value is -1.16. The lowest BCUT2D eigenvalue weighted by Crippen LogP contribution is -2.38. The van der Waals surface area contributed by atoms with Crippen molar-refractivity contribution >= 4 is 0 Å². The van der Waals surface area contributed by atoms with Gasteiger partial charge in [-0.25, -0.2) is 0 Å². The van der Waals surface area contributed by atoms with Crippen molar-refractivity contribution in [3.05, 3.63) is 29.8 Å². The SMILES string of the molecule is CC1(Cc2ccccc2OC(F)F)CCCN1. The average molecular weight is 241 g/mol. The van der Waals surface area contributed by atoms with Gasteiger partial charge in [-0.3, -0.25) is 0 Å². The largest absolute Gasteiger partial charge is 0.435 e. The molecule has 1 aromatic carbocycles. The first-order chi connectivity index (χ1) is 8.09. The number of hydrogen-bond donors (Lipinski definition) is 1. The molecule has 1 aliphatic rings. The van der Waals surface area contributed by atoms with Gasteiger partial charge in [0.25, 0.3) is 0 Å². The van der Waals surface area contributed by atoms with E-state index < -0.39 is 6.61 Å². The van der Waals surface area contributed by atoms with Gasteiger partial charge in [0.05, 0.1) is 0 Å². The maximum atomic E-state index is 12.3. The summed E-state index contributed by atoms with van der Waals surface area (Å²) in [6.07, 6.45) is 2.92. The Kier molecular flexibility index (Phi) is 3.62. The van der Waals surface area contributed by atoms with Gasteiger partial charge in [-0.15, -0.1) is 0 Å². The van der Waals surface area contributed by atoms with Crippen molar-refractivity contribution in [3.63, 3.8) is 0 Å². The monoisotopic (exact) mass is 241 g/mol. The molecule has 0 radical (unpaired) electrons. The molecule has 2 nitrogen and oxygen atoms in total. The minimum absolute atomic E-state index is 0.00157. The predicted octanol–water partition coefficient (Wildman–Crippen LogP) is 2.97. The smallest absolute Gasteiger partial charge is 0.387 e. The van der Waals surface area contributed by atoms with Gasteiger partial charge < -0.3 is 10.1 Å². The van der Waals surface area contributed by atoms with E-state index in [1.165, 1.54) is 0 Å². The normalized spacial score (nSPS) is 24.2. The van der Waals surface area contributed by atoms with E-state index in [0.29, 0.717) is 0 Å². The predicted molar refractivity (Wildman–Crippen MR) is 62.4 cm³/mol. The van der Waals surface area contributed by atoms with Gasteiger partial charge in [0, 0.05) is 5.54 Å². The molecule has 0 bridgehead atoms. The molecule has 1 unspecified atom stereocenters. The molecule has 1 aromatic rings. The summed E-state index contributed by atoms with van der Waals surface area (Å²) in [7, 11) is 0. The lowest BCUT2D eigenvalue weighted by molar-refractivity contribution is -0.0505. The van der Waals surface area contributed by atoms with Crippen molar-refractivity contribution in [1.82, 2.24) is 5.32 Å². The third-order valence-electron chi connectivity index (χ3n) is 3.23. The van der Waals surface area contributed by atoms with Crippen molar-refractivity contribution in [3.8, 4) is 5.75 Å². The molecule has 0 aliphatic carbocycles. The van der Waals surface area contributed by atoms with E-state index in [1.54, 1.807) is 12.1 Å². The molecule has 0 saturated carbocycles. The summed E-state index contributed by atoms with van der Waals surface area (Å²) in [4.78, 5) is 0. The zero-order valence-corrected chi connectivity index (χ0v) is 9.88. The van der Waals surface area contributed by atoms with Crippen LogP contribution in [0.25, 0.3) is 0 Å². The maximum absolute atomic E-state index is 12.3. The van der Waals surface area contributed by atoms with Crippen molar-refractivity contribution in [2.45, 2.75) is 38.3 Å². The summed E-state index contributed by atoms with van der Waals surface area (Å²) in [6.45, 7) is 0.355. The van der Waals surface area contributed by atoms with Crippen LogP contribution in [0.15, 0.2) is 24.3 Å². The van der Waals surface area contributed by atoms with Gasteiger partial charge in [0.1, 0.15) is 5.75 Å². The zero-order valence-electron chi connectivity index (χ0n) is 9.88. The van der Waals surface area contributed by atoms with Crippen LogP contribution >= 0.6 is 0 Å². The highest BCUT2D eigenvalue weighted by Gasteiger charge is 2.29. The highest BCUT2D eigenvalue weighted by Crippen LogP contribution is 2.28. The molecule has 1 heterocycles. The molecule has 0 aromatic heterocycles. The fraction of sp³-hybridized carbons (Fsp3) is 0.538. The number of para-hydroxylation sites is 1. The Labute approximate surface area is 100.0 Å². The van der Waals surface area contributed by atoms with Crippen LogP contribution in [0.5, 0.6) is 5.75 Å². The van der Waals surface area contributed by atoms with E-state index in [2.05, 4.69) is 17.0 Å². The Morgan fingerprint density at radius 1 is 1.41 bits per heavy atom. The summed E-state index contributed by atoms with van der Waals surface area (Å²) in [5.41, 5.74) is 0.839. The number of alkyl halides is 2. The number of halogens is 2. The summed E-state index contributed by atoms with van der Waals surface area (Å²) < 4.78 is 29.1. The van der Waals surface area contributed by atoms with E-state index in [-0.39, 0.29) is 11.3 Å². The quantitative estimate of drug-likeness (QED) is 0.875. The first-order valence-electron chi connectivity index (χ1n) is 5.87. The molecular weight excluding hydrogens is 224 g/mol. The molecule has 17 heavy (non-hydrogen) atoms. The van der Waals surface area contributed by atoms with E-state index in [4.69, 9.17) is 0 Å². The lowest BCUT2D eigenvalue weighted by Gasteiger charge is -2.25. The highest BCUT2D eigenvalue weighted by molar-refractivity contribution is 5.34. The topological polar surface area (TPSA) is 21.3 Å². The second kappa shape index (κ2) is 5.00. The summed E-state index contributed by atoms with van der Waals surface area (Å²) in [5, 5.41) is 3.42. The first-order valence-corrected chi connectivity index (χ1v) is 5.87. The molecular formula is C13H17F2NO. The first kappa shape index (κ1) is 12.3. The number of hydrogen-bond acceptors (Lipinski definition) is 2. The second-order valence-corrected chi connectivity index (χ2v) is 4.75. The van der Waals surface area contributed by atoms with E-state index in [9.17, 15) is 8.78 Å². The average Bonchev–Trinajstić information content (AvgIpc) is 2.67. The number of nitrogens with one attached hydrogen (secondary N) is 1. The van der Waals surface area contributed by atoms with Gasteiger partial charge in [0.15, 0.2) is 0 Å². The van der Waals surface area contributed by atoms with Crippen molar-refractivity contribution in [2.75, 3.05) is 6.54 Å². The third-order valence-corrected chi connectivity index (χ3v) is 3.23. The molecule has 1 atom stereocenters. The zero-order chi connectivity index (χ0) is 12.3. The van der Waals surface area contributed by atoms with Crippen LogP contribution in [-0.4, -0.2) is 18.7 Å². The standard InChI is InChI=1S/C13H17F2NO/c1-13(7-4-8-16-13)9-10-5-2-3-6-11(10)17-12(14)15/h2-3,5-6,12,16H,4,7-9H2,1H3. The molecule has 2 rings (SSSR count). The number of rotatable bonds is 4. The molecule has 1 saturated heterocycles. The molecule has 0 amide bonds. The van der Waals surface area contributed by atoms with Crippen molar-refractivity contribution < 1.29 is 13.5 Å². The highest BCUT2D eigenvalue weighted by atomic mass is 19.3. The van der Waals surface area contributed by atoms with E-state index in [1.807, 2.05) is 12.1 Å². The number of benzene rings is 1. The Bertz CT molecular complexity index is 375. The Balaban J connectivity index is 2.14. The Morgan fingerprint density at radius 2 is 2.18 bits per heavy atom. The van der Waals surface area contributed by atoms with Crippen molar-refractivity contribution in [1.29, 1.82) is 0 Å². The minimum atomic E-state index is -2.76. The van der Waals surface area contributed by atoms with Crippen LogP contribution in [0.4, 0.5) is 8.78 Å². The van der Waals surface area contributed by atoms with Gasteiger partial charge >= 0.3 is 6.61 Å².